The number of imide groups is 2. The summed E-state index contributed by atoms with van der Waals surface area (Å²) in [6, 6.07) is 8.82. The zero-order chi connectivity index (χ0) is 17.5. The molecule has 0 spiro atoms. The van der Waals surface area contributed by atoms with Crippen LogP contribution in [0.4, 0.5) is 4.79 Å². The van der Waals surface area contributed by atoms with Gasteiger partial charge in [-0.3, -0.25) is 19.4 Å². The molecule has 1 heterocycles. The van der Waals surface area contributed by atoms with Crippen molar-refractivity contribution in [2.24, 2.45) is 0 Å². The molecule has 0 aromatic heterocycles. The molecule has 4 amide bonds. The van der Waals surface area contributed by atoms with E-state index in [4.69, 9.17) is 0 Å². The van der Waals surface area contributed by atoms with Gasteiger partial charge in [-0.25, -0.2) is 4.79 Å². The molecule has 24 heavy (non-hydrogen) atoms. The minimum absolute atomic E-state index is 0.0400. The number of rotatable bonds is 6. The summed E-state index contributed by atoms with van der Waals surface area (Å²) in [7, 11) is 0. The first-order chi connectivity index (χ1) is 11.6. The van der Waals surface area contributed by atoms with Gasteiger partial charge in [-0.05, 0) is 11.6 Å². The first-order valence-corrected chi connectivity index (χ1v) is 7.43. The zero-order valence-electron chi connectivity index (χ0n) is 13.2. The fourth-order valence-corrected chi connectivity index (χ4v) is 2.24. The maximum absolute atomic E-state index is 12.4. The molecule has 0 unspecified atom stereocenters. The third-order valence-corrected chi connectivity index (χ3v) is 3.39. The van der Waals surface area contributed by atoms with Crippen LogP contribution in [0.15, 0.2) is 73.4 Å². The van der Waals surface area contributed by atoms with Crippen LogP contribution in [0.1, 0.15) is 5.56 Å². The Balaban J connectivity index is 2.33. The number of carbonyl (C=O) groups excluding carboxylic acids is 3. The monoisotopic (exact) mass is 322 g/mol. The molecule has 1 aliphatic heterocycles. The summed E-state index contributed by atoms with van der Waals surface area (Å²) in [4.78, 5) is 39.0. The fourth-order valence-electron chi connectivity index (χ4n) is 2.24. The highest BCUT2D eigenvalue weighted by Gasteiger charge is 2.40. The third-order valence-electron chi connectivity index (χ3n) is 3.39. The number of hydrogen-bond acceptors (Lipinski definition) is 3. The standard InChI is InChI=1S/C19H18N2O3/c1-3-13-20-17(22)16(18(23)21(14-4-2)19(20)24)12-8-11-15-9-6-5-7-10-15/h3-12H,1-2,13-14H2/b11-8+. The number of hydrogen-bond donors (Lipinski definition) is 0. The zero-order valence-corrected chi connectivity index (χ0v) is 13.2. The first kappa shape index (κ1) is 17.1. The number of amides is 4. The number of allylic oxidation sites excluding steroid dienone is 2. The lowest BCUT2D eigenvalue weighted by molar-refractivity contribution is -0.135. The predicted octanol–water partition coefficient (Wildman–Crippen LogP) is 2.79. The molecule has 0 atom stereocenters. The molecule has 0 saturated carbocycles. The first-order valence-electron chi connectivity index (χ1n) is 7.43. The highest BCUT2D eigenvalue weighted by molar-refractivity contribution is 6.28. The third kappa shape index (κ3) is 3.57. The summed E-state index contributed by atoms with van der Waals surface area (Å²) in [5.74, 6) is -1.24. The van der Waals surface area contributed by atoms with Gasteiger partial charge in [0.1, 0.15) is 5.57 Å². The van der Waals surface area contributed by atoms with Crippen LogP contribution >= 0.6 is 0 Å². The topological polar surface area (TPSA) is 57.7 Å². The van der Waals surface area contributed by atoms with E-state index in [1.165, 1.54) is 18.2 Å². The highest BCUT2D eigenvalue weighted by atomic mass is 16.2. The average molecular weight is 322 g/mol. The van der Waals surface area contributed by atoms with Gasteiger partial charge in [-0.2, -0.15) is 0 Å². The smallest absolute Gasteiger partial charge is 0.268 e. The summed E-state index contributed by atoms with van der Waals surface area (Å²) >= 11 is 0. The van der Waals surface area contributed by atoms with Gasteiger partial charge < -0.3 is 0 Å². The molecule has 0 N–H and O–H groups in total. The predicted molar refractivity (Wildman–Crippen MR) is 92.8 cm³/mol. The van der Waals surface area contributed by atoms with E-state index in [0.717, 1.165) is 15.4 Å². The lowest BCUT2D eigenvalue weighted by atomic mass is 10.1. The quantitative estimate of drug-likeness (QED) is 0.460. The van der Waals surface area contributed by atoms with Crippen molar-refractivity contribution in [2.45, 2.75) is 0 Å². The van der Waals surface area contributed by atoms with Crippen molar-refractivity contribution >= 4 is 23.9 Å². The van der Waals surface area contributed by atoms with Gasteiger partial charge in [-0.15, -0.1) is 13.2 Å². The van der Waals surface area contributed by atoms with Crippen molar-refractivity contribution in [3.8, 4) is 0 Å². The number of carbonyl (C=O) groups is 3. The van der Waals surface area contributed by atoms with E-state index in [2.05, 4.69) is 13.2 Å². The second-order valence-corrected chi connectivity index (χ2v) is 5.04. The average Bonchev–Trinajstić information content (AvgIpc) is 2.59. The summed E-state index contributed by atoms with van der Waals surface area (Å²) in [6.45, 7) is 7.15. The highest BCUT2D eigenvalue weighted by Crippen LogP contribution is 2.18. The Morgan fingerprint density at radius 3 is 1.92 bits per heavy atom. The largest absolute Gasteiger partial charge is 0.334 e. The van der Waals surface area contributed by atoms with E-state index in [0.29, 0.717) is 0 Å². The van der Waals surface area contributed by atoms with Crippen LogP contribution in [0.25, 0.3) is 6.08 Å². The van der Waals surface area contributed by atoms with E-state index in [1.807, 2.05) is 30.3 Å². The Hall–Kier alpha value is -3.21. The summed E-state index contributed by atoms with van der Waals surface area (Å²) in [5.41, 5.74) is 0.873. The van der Waals surface area contributed by atoms with Crippen molar-refractivity contribution < 1.29 is 14.4 Å². The van der Waals surface area contributed by atoms with Gasteiger partial charge in [-0.1, -0.05) is 54.6 Å². The second-order valence-electron chi connectivity index (χ2n) is 5.04. The molecule has 5 heteroatoms. The molecular formula is C19H18N2O3. The van der Waals surface area contributed by atoms with Crippen molar-refractivity contribution in [1.29, 1.82) is 0 Å². The van der Waals surface area contributed by atoms with Crippen LogP contribution in [0.5, 0.6) is 0 Å². The fraction of sp³-hybridized carbons (Fsp3) is 0.105. The molecule has 1 fully saturated rings. The van der Waals surface area contributed by atoms with Crippen LogP contribution < -0.4 is 0 Å². The van der Waals surface area contributed by atoms with Gasteiger partial charge in [0.25, 0.3) is 11.8 Å². The molecule has 0 radical (unpaired) electrons. The van der Waals surface area contributed by atoms with E-state index in [1.54, 1.807) is 12.2 Å². The number of barbiturate groups is 1. The number of urea groups is 1. The maximum atomic E-state index is 12.4. The van der Waals surface area contributed by atoms with Crippen LogP contribution in [-0.2, 0) is 9.59 Å². The normalized spacial score (nSPS) is 15.2. The molecule has 1 aliphatic rings. The molecule has 1 aromatic carbocycles. The summed E-state index contributed by atoms with van der Waals surface area (Å²) < 4.78 is 0. The van der Waals surface area contributed by atoms with Crippen molar-refractivity contribution in [2.75, 3.05) is 13.1 Å². The van der Waals surface area contributed by atoms with E-state index >= 15 is 0 Å². The Morgan fingerprint density at radius 2 is 1.42 bits per heavy atom. The Bertz CT molecular complexity index is 698. The van der Waals surface area contributed by atoms with Gasteiger partial charge >= 0.3 is 6.03 Å². The van der Waals surface area contributed by atoms with Crippen LogP contribution in [0.2, 0.25) is 0 Å². The van der Waals surface area contributed by atoms with Gasteiger partial charge in [0.05, 0.1) is 0 Å². The van der Waals surface area contributed by atoms with Gasteiger partial charge in [0.2, 0.25) is 0 Å². The van der Waals surface area contributed by atoms with Crippen molar-refractivity contribution in [1.82, 2.24) is 9.80 Å². The van der Waals surface area contributed by atoms with Crippen LogP contribution in [0.3, 0.4) is 0 Å². The minimum Gasteiger partial charge on any atom is -0.268 e. The van der Waals surface area contributed by atoms with Crippen molar-refractivity contribution in [3.63, 3.8) is 0 Å². The lowest BCUT2D eigenvalue weighted by Crippen LogP contribution is -2.56. The molecule has 0 aliphatic carbocycles. The van der Waals surface area contributed by atoms with Crippen LogP contribution in [0, 0.1) is 0 Å². The molecule has 5 nitrogen and oxygen atoms in total. The van der Waals surface area contributed by atoms with Gasteiger partial charge in [0, 0.05) is 13.1 Å². The van der Waals surface area contributed by atoms with Crippen LogP contribution in [-0.4, -0.2) is 40.7 Å². The Kier molecular flexibility index (Phi) is 5.63. The van der Waals surface area contributed by atoms with Crippen molar-refractivity contribution in [3.05, 3.63) is 78.9 Å². The molecule has 2 rings (SSSR count). The van der Waals surface area contributed by atoms with E-state index in [9.17, 15) is 14.4 Å². The molecule has 1 saturated heterocycles. The van der Waals surface area contributed by atoms with E-state index in [-0.39, 0.29) is 18.7 Å². The molecule has 0 bridgehead atoms. The Morgan fingerprint density at radius 1 is 0.875 bits per heavy atom. The molecule has 122 valence electrons. The second kappa shape index (κ2) is 7.87. The number of nitrogens with zero attached hydrogens (tertiary/aromatic N) is 2. The van der Waals surface area contributed by atoms with E-state index < -0.39 is 17.8 Å². The SMILES string of the molecule is C=CCN1C(=O)C(=C/C=C/c2ccccc2)C(=O)N(CC=C)C1=O. The maximum Gasteiger partial charge on any atom is 0.334 e. The summed E-state index contributed by atoms with van der Waals surface area (Å²) in [6.07, 6.45) is 7.70. The Labute approximate surface area is 140 Å². The lowest BCUT2D eigenvalue weighted by Gasteiger charge is -2.32. The van der Waals surface area contributed by atoms with Gasteiger partial charge in [0.15, 0.2) is 0 Å². The molecule has 1 aromatic rings. The molecular weight excluding hydrogens is 304 g/mol. The minimum atomic E-state index is -0.658. The number of benzene rings is 1. The summed E-state index contributed by atoms with van der Waals surface area (Å²) in [5, 5.41) is 0.